The predicted octanol–water partition coefficient (Wildman–Crippen LogP) is 5.02. The molecular formula is C41H43FN10O3. The van der Waals surface area contributed by atoms with Gasteiger partial charge in [-0.3, -0.25) is 23.6 Å². The Hall–Kier alpha value is -5.89. The number of hydrogen-bond acceptors (Lipinski definition) is 10. The smallest absolute Gasteiger partial charge is 0.329 e. The van der Waals surface area contributed by atoms with E-state index in [1.165, 1.54) is 6.07 Å². The molecule has 0 spiro atoms. The number of Topliss-reactive ketones (excluding diaryl/α,β-unsaturated/α-hetero) is 2. The van der Waals surface area contributed by atoms with Crippen molar-refractivity contribution in [1.29, 1.82) is 0 Å². The minimum Gasteiger partial charge on any atom is -0.382 e. The maximum absolute atomic E-state index is 14.1. The lowest BCUT2D eigenvalue weighted by Crippen LogP contribution is -2.47. The Morgan fingerprint density at radius 1 is 0.873 bits per heavy atom. The molecule has 6 heterocycles. The van der Waals surface area contributed by atoms with Gasteiger partial charge in [0.05, 0.1) is 47.1 Å². The normalized spacial score (nSPS) is 19.6. The van der Waals surface area contributed by atoms with Gasteiger partial charge >= 0.3 is 5.69 Å². The van der Waals surface area contributed by atoms with Gasteiger partial charge in [0.1, 0.15) is 28.9 Å². The summed E-state index contributed by atoms with van der Waals surface area (Å²) in [4.78, 5) is 54.6. The fraction of sp³-hybridized carbons (Fsp3) is 0.366. The molecule has 13 nitrogen and oxygen atoms in total. The Morgan fingerprint density at radius 2 is 1.71 bits per heavy atom. The minimum absolute atomic E-state index is 0.0609. The second-order valence-electron chi connectivity index (χ2n) is 14.8. The lowest BCUT2D eigenvalue weighted by molar-refractivity contribution is -0.132. The third-order valence-corrected chi connectivity index (χ3v) is 11.4. The summed E-state index contributed by atoms with van der Waals surface area (Å²) in [5, 5.41) is 8.57. The molecule has 2 atom stereocenters. The molecule has 282 valence electrons. The molecule has 1 N–H and O–H groups in total. The molecule has 3 aliphatic rings. The lowest BCUT2D eigenvalue weighted by Gasteiger charge is -2.35. The third kappa shape index (κ3) is 6.53. The number of fused-ring (bicyclic) bond motifs is 2. The van der Waals surface area contributed by atoms with Crippen LogP contribution in [-0.4, -0.2) is 91.0 Å². The molecule has 55 heavy (non-hydrogen) atoms. The van der Waals surface area contributed by atoms with E-state index in [4.69, 9.17) is 10.1 Å². The minimum atomic E-state index is -0.609. The van der Waals surface area contributed by atoms with E-state index in [0.29, 0.717) is 24.9 Å². The third-order valence-electron chi connectivity index (χ3n) is 11.4. The molecule has 0 radical (unpaired) electrons. The van der Waals surface area contributed by atoms with Gasteiger partial charge in [0.25, 0.3) is 0 Å². The monoisotopic (exact) mass is 742 g/mol. The van der Waals surface area contributed by atoms with Crippen LogP contribution in [0.1, 0.15) is 49.8 Å². The second kappa shape index (κ2) is 14.4. The first kappa shape index (κ1) is 34.9. The van der Waals surface area contributed by atoms with E-state index in [0.717, 1.165) is 97.5 Å². The molecular weight excluding hydrogens is 700 g/mol. The van der Waals surface area contributed by atoms with Gasteiger partial charge in [0, 0.05) is 59.3 Å². The van der Waals surface area contributed by atoms with Crippen molar-refractivity contribution in [3.05, 3.63) is 101 Å². The molecule has 3 fully saturated rings. The van der Waals surface area contributed by atoms with Crippen molar-refractivity contribution in [1.82, 2.24) is 33.6 Å². The number of hydrogen-bond donors (Lipinski definition) is 1. The lowest BCUT2D eigenvalue weighted by atomic mass is 9.93. The zero-order valence-electron chi connectivity index (χ0n) is 30.8. The number of halogens is 1. The molecule has 0 amide bonds. The number of ketones is 2. The van der Waals surface area contributed by atoms with Crippen LogP contribution in [0.2, 0.25) is 0 Å². The number of rotatable bonds is 9. The highest BCUT2D eigenvalue weighted by atomic mass is 19.1. The molecule has 0 bridgehead atoms. The molecule has 2 aromatic carbocycles. The van der Waals surface area contributed by atoms with Crippen LogP contribution in [-0.2, 0) is 16.6 Å². The van der Waals surface area contributed by atoms with Crippen molar-refractivity contribution in [3.63, 3.8) is 0 Å². The van der Waals surface area contributed by atoms with Crippen LogP contribution in [0, 0.1) is 5.82 Å². The van der Waals surface area contributed by atoms with Crippen LogP contribution < -0.4 is 20.8 Å². The number of piperazine rings is 1. The number of carbonyl (C=O) groups is 2. The zero-order valence-corrected chi connectivity index (χ0v) is 30.8. The van der Waals surface area contributed by atoms with Crippen LogP contribution >= 0.6 is 0 Å². The number of carbonyl (C=O) groups excluding carboxylic acids is 2. The van der Waals surface area contributed by atoms with Crippen molar-refractivity contribution in [2.45, 2.75) is 44.2 Å². The average Bonchev–Trinajstić information content (AvgIpc) is 3.92. The SMILES string of the molecule is Cn1c(=O)n(C2CCC(=O)CC2=O)c2cccc(NCCN3CCN(c4cccc(-c5cnc6ccc(N7CCC[C@@H]7c7cccc(F)c7)nn56)n4)CC3)c21. The van der Waals surface area contributed by atoms with Crippen LogP contribution in [0.15, 0.2) is 83.8 Å². The number of nitrogens with zero attached hydrogens (tertiary/aromatic N) is 9. The average molecular weight is 743 g/mol. The highest BCUT2D eigenvalue weighted by molar-refractivity contribution is 6.04. The fourth-order valence-corrected chi connectivity index (χ4v) is 8.60. The number of anilines is 3. The summed E-state index contributed by atoms with van der Waals surface area (Å²) in [5.74, 6) is 1.26. The molecule has 1 unspecified atom stereocenters. The van der Waals surface area contributed by atoms with E-state index in [1.54, 1.807) is 28.3 Å². The van der Waals surface area contributed by atoms with E-state index in [9.17, 15) is 18.8 Å². The van der Waals surface area contributed by atoms with Crippen molar-refractivity contribution < 1.29 is 14.0 Å². The van der Waals surface area contributed by atoms with Gasteiger partial charge in [-0.25, -0.2) is 23.7 Å². The van der Waals surface area contributed by atoms with Crippen LogP contribution in [0.4, 0.5) is 21.7 Å². The Balaban J connectivity index is 0.850. The van der Waals surface area contributed by atoms with E-state index < -0.39 is 6.04 Å². The topological polar surface area (TPSA) is 126 Å². The maximum Gasteiger partial charge on any atom is 0.329 e. The van der Waals surface area contributed by atoms with Crippen molar-refractivity contribution in [3.8, 4) is 11.4 Å². The van der Waals surface area contributed by atoms with E-state index in [1.807, 2.05) is 65.3 Å². The van der Waals surface area contributed by atoms with Crippen LogP contribution in [0.3, 0.4) is 0 Å². The van der Waals surface area contributed by atoms with Gasteiger partial charge in [-0.1, -0.05) is 24.3 Å². The molecule has 9 rings (SSSR count). The first-order valence-electron chi connectivity index (χ1n) is 19.1. The number of benzene rings is 2. The van der Waals surface area contributed by atoms with Crippen molar-refractivity contribution in [2.24, 2.45) is 7.05 Å². The van der Waals surface area contributed by atoms with E-state index in [-0.39, 0.29) is 35.5 Å². The predicted molar refractivity (Wildman–Crippen MR) is 209 cm³/mol. The number of imidazole rings is 2. The molecule has 1 aliphatic carbocycles. The van der Waals surface area contributed by atoms with Gasteiger partial charge in [-0.2, -0.15) is 0 Å². The summed E-state index contributed by atoms with van der Waals surface area (Å²) in [7, 11) is 1.73. The van der Waals surface area contributed by atoms with E-state index >= 15 is 0 Å². The largest absolute Gasteiger partial charge is 0.382 e. The van der Waals surface area contributed by atoms with Crippen molar-refractivity contribution in [2.75, 3.05) is 60.9 Å². The molecule has 14 heteroatoms. The zero-order chi connectivity index (χ0) is 37.6. The fourth-order valence-electron chi connectivity index (χ4n) is 8.60. The highest BCUT2D eigenvalue weighted by Crippen LogP contribution is 2.36. The van der Waals surface area contributed by atoms with Gasteiger partial charge in [0.15, 0.2) is 11.4 Å². The number of para-hydroxylation sites is 1. The number of aryl methyl sites for hydroxylation is 1. The van der Waals surface area contributed by atoms with Crippen LogP contribution in [0.5, 0.6) is 0 Å². The summed E-state index contributed by atoms with van der Waals surface area (Å²) >= 11 is 0. The second-order valence-corrected chi connectivity index (χ2v) is 14.8. The first-order valence-corrected chi connectivity index (χ1v) is 19.1. The van der Waals surface area contributed by atoms with Gasteiger partial charge in [0.2, 0.25) is 0 Å². The molecule has 6 aromatic rings. The number of aromatic nitrogens is 6. The summed E-state index contributed by atoms with van der Waals surface area (Å²) in [6.45, 7) is 5.75. The van der Waals surface area contributed by atoms with Gasteiger partial charge in [-0.15, -0.1) is 5.10 Å². The Labute approximate surface area is 317 Å². The summed E-state index contributed by atoms with van der Waals surface area (Å²) < 4.78 is 19.1. The maximum atomic E-state index is 14.1. The first-order chi connectivity index (χ1) is 26.8. The Morgan fingerprint density at radius 3 is 2.55 bits per heavy atom. The van der Waals surface area contributed by atoms with Gasteiger partial charge in [-0.05, 0) is 73.4 Å². The summed E-state index contributed by atoms with van der Waals surface area (Å²) in [6, 6.07) is 22.1. The molecule has 2 saturated heterocycles. The van der Waals surface area contributed by atoms with E-state index in [2.05, 4.69) is 25.0 Å². The molecule has 1 saturated carbocycles. The Bertz CT molecular complexity index is 2480. The molecule has 4 aromatic heterocycles. The Kier molecular flexibility index (Phi) is 9.12. The summed E-state index contributed by atoms with van der Waals surface area (Å²) in [6.07, 6.45) is 4.33. The van der Waals surface area contributed by atoms with Crippen molar-refractivity contribution >= 4 is 45.6 Å². The molecule has 2 aliphatic heterocycles. The van der Waals surface area contributed by atoms with Crippen LogP contribution in [0.25, 0.3) is 28.1 Å². The number of pyridine rings is 1. The number of nitrogens with one attached hydrogen (secondary N) is 1. The highest BCUT2D eigenvalue weighted by Gasteiger charge is 2.32. The summed E-state index contributed by atoms with van der Waals surface area (Å²) in [5.41, 5.74) is 5.37. The standard InChI is InChI=1S/C41H43FN10O3/c1-47-40-31(9-3-10-34(40)51(41(47)55)33-14-13-29(53)25-36(33)54)43-17-19-48-20-22-49(23-21-48)38-12-4-8-30(45-38)35-26-44-37-15-16-39(46-52(35)37)50-18-5-11-32(50)27-6-2-7-28(42)24-27/h2-4,6-10,12,15-16,24,26,32-33,43H,5,11,13-14,17-23,25H2,1H3/t32-,33?/m1/s1. The van der Waals surface area contributed by atoms with Gasteiger partial charge < -0.3 is 15.1 Å². The quantitative estimate of drug-likeness (QED) is 0.202.